The lowest BCUT2D eigenvalue weighted by atomic mass is 10.1. The van der Waals surface area contributed by atoms with E-state index in [1.165, 1.54) is 25.3 Å². The van der Waals surface area contributed by atoms with Crippen molar-refractivity contribution < 1.29 is 49.7 Å². The molecule has 322 valence electrons. The van der Waals surface area contributed by atoms with Gasteiger partial charge in [0.25, 0.3) is 0 Å². The van der Waals surface area contributed by atoms with E-state index in [0.717, 1.165) is 51.2 Å². The van der Waals surface area contributed by atoms with Gasteiger partial charge in [-0.05, 0) is 80.9 Å². The van der Waals surface area contributed by atoms with Gasteiger partial charge in [0.2, 0.25) is 0 Å². The zero-order chi connectivity index (χ0) is 43.4. The van der Waals surface area contributed by atoms with E-state index in [1.54, 1.807) is 31.5 Å². The van der Waals surface area contributed by atoms with E-state index in [9.17, 15) is 30.7 Å². The Morgan fingerprint density at radius 3 is 1.64 bits per heavy atom. The van der Waals surface area contributed by atoms with Crippen LogP contribution in [0, 0.1) is 20.8 Å². The number of rotatable bonds is 9. The Hall–Kier alpha value is -5.81. The molecule has 0 saturated heterocycles. The molecule has 6 aromatic rings. The maximum atomic E-state index is 13.5. The predicted octanol–water partition coefficient (Wildman–Crippen LogP) is 9.60. The second kappa shape index (κ2) is 18.4. The van der Waals surface area contributed by atoms with Gasteiger partial charge in [0, 0.05) is 70.3 Å². The highest BCUT2D eigenvalue weighted by Crippen LogP contribution is 2.40. The van der Waals surface area contributed by atoms with Gasteiger partial charge >= 0.3 is 12.8 Å². The molecule has 0 bridgehead atoms. The normalized spacial score (nSPS) is 16.5. The third kappa shape index (κ3) is 9.57. The summed E-state index contributed by atoms with van der Waals surface area (Å²) in [6, 6.07) is 16.2. The molecule has 6 heterocycles. The van der Waals surface area contributed by atoms with Gasteiger partial charge in [-0.1, -0.05) is 6.07 Å². The van der Waals surface area contributed by atoms with Crippen LogP contribution in [-0.2, 0) is 41.6 Å². The molecule has 0 amide bonds. The zero-order valence-electron chi connectivity index (χ0n) is 33.8. The number of ether oxygens (including phenoxy) is 4. The van der Waals surface area contributed by atoms with Crippen molar-refractivity contribution in [3.63, 3.8) is 0 Å². The molecule has 0 radical (unpaired) electrons. The summed E-state index contributed by atoms with van der Waals surface area (Å²) in [5, 5.41) is 0. The number of halogens is 7. The maximum absolute atomic E-state index is 13.5. The molecular weight excluding hydrogens is 810 g/mol. The van der Waals surface area contributed by atoms with Crippen LogP contribution in [0.3, 0.4) is 0 Å². The molecule has 61 heavy (non-hydrogen) atoms. The number of alkyl halides is 7. The highest BCUT2D eigenvalue weighted by atomic mass is 19.4. The number of aromatic nitrogens is 6. The summed E-state index contributed by atoms with van der Waals surface area (Å²) in [6.07, 6.45) is -1.26. The standard InChI is InChI=1S/C22H21F4N3O2.C22H22F3N3O2/c1-13-9-14(5-7-27-13)20-18-6-8-31-16(11-23)12-29(18)21(28-20)15-3-4-17(22(24,25)26)19(10-15)30-2;1-13-9-16(3-4-19(13)30-22(24)25)21-27-20(15-5-7-26-14(2)10-15)18-6-8-29-17(11-23)12-28(18)21/h3-5,7,9-10,16H,6,8,11-12H2,1-2H3;3-5,7,9-10,17,22H,6,8,11-12H2,1-2H3/t16-;17-/m11/s1. The number of hydrogen-bond donors (Lipinski definition) is 0. The van der Waals surface area contributed by atoms with Crippen molar-refractivity contribution >= 4 is 0 Å². The van der Waals surface area contributed by atoms with Gasteiger partial charge in [-0.3, -0.25) is 9.97 Å². The molecule has 4 aromatic heterocycles. The largest absolute Gasteiger partial charge is 0.496 e. The molecule has 0 spiro atoms. The van der Waals surface area contributed by atoms with Gasteiger partial charge in [0.1, 0.15) is 48.7 Å². The van der Waals surface area contributed by atoms with Gasteiger partial charge in [0.15, 0.2) is 0 Å². The first-order chi connectivity index (χ1) is 29.3. The first-order valence-corrected chi connectivity index (χ1v) is 19.5. The quantitative estimate of drug-likeness (QED) is 0.133. The van der Waals surface area contributed by atoms with Crippen LogP contribution in [0.2, 0.25) is 0 Å². The van der Waals surface area contributed by atoms with E-state index < -0.39 is 43.9 Å². The molecular formula is C44H43F7N6O4. The van der Waals surface area contributed by atoms with Crippen molar-refractivity contribution in [2.45, 2.75) is 71.7 Å². The number of benzene rings is 2. The number of hydrogen-bond acceptors (Lipinski definition) is 8. The van der Waals surface area contributed by atoms with Gasteiger partial charge < -0.3 is 28.1 Å². The monoisotopic (exact) mass is 852 g/mol. The van der Waals surface area contributed by atoms with Crippen molar-refractivity contribution in [2.75, 3.05) is 33.7 Å². The topological polar surface area (TPSA) is 98.3 Å². The minimum atomic E-state index is -4.54. The van der Waals surface area contributed by atoms with Crippen LogP contribution in [0.1, 0.15) is 33.9 Å². The first kappa shape index (κ1) is 43.3. The van der Waals surface area contributed by atoms with Crippen molar-refractivity contribution in [3.05, 3.63) is 107 Å². The van der Waals surface area contributed by atoms with Gasteiger partial charge in [-0.2, -0.15) is 22.0 Å². The third-order valence-corrected chi connectivity index (χ3v) is 10.4. The summed E-state index contributed by atoms with van der Waals surface area (Å²) in [6.45, 7) is 2.58. The van der Waals surface area contributed by atoms with E-state index in [-0.39, 0.29) is 18.0 Å². The van der Waals surface area contributed by atoms with Crippen LogP contribution in [0.5, 0.6) is 11.5 Å². The fourth-order valence-corrected chi connectivity index (χ4v) is 7.59. The fraction of sp³-hybridized carbons (Fsp3) is 0.364. The molecule has 0 saturated carbocycles. The van der Waals surface area contributed by atoms with Crippen molar-refractivity contribution in [1.29, 1.82) is 0 Å². The molecule has 0 unspecified atom stereocenters. The Morgan fingerprint density at radius 1 is 0.689 bits per heavy atom. The van der Waals surface area contributed by atoms with Crippen molar-refractivity contribution in [2.24, 2.45) is 0 Å². The minimum Gasteiger partial charge on any atom is -0.496 e. The van der Waals surface area contributed by atoms with Crippen molar-refractivity contribution in [1.82, 2.24) is 29.1 Å². The highest BCUT2D eigenvalue weighted by molar-refractivity contribution is 5.71. The molecule has 8 rings (SSSR count). The number of pyridine rings is 2. The Labute approximate surface area is 347 Å². The Balaban J connectivity index is 0.000000184. The lowest BCUT2D eigenvalue weighted by Crippen LogP contribution is -2.21. The Morgan fingerprint density at radius 2 is 1.20 bits per heavy atom. The average molecular weight is 853 g/mol. The molecule has 2 aromatic carbocycles. The van der Waals surface area contributed by atoms with Gasteiger partial charge in [-0.25, -0.2) is 18.7 Å². The molecule has 2 aliphatic heterocycles. The van der Waals surface area contributed by atoms with Crippen LogP contribution in [0.15, 0.2) is 73.1 Å². The summed E-state index contributed by atoms with van der Waals surface area (Å²) in [5.41, 5.74) is 7.60. The van der Waals surface area contributed by atoms with E-state index in [2.05, 4.69) is 14.7 Å². The molecule has 2 aliphatic rings. The predicted molar refractivity (Wildman–Crippen MR) is 213 cm³/mol. The van der Waals surface area contributed by atoms with E-state index in [1.807, 2.05) is 47.2 Å². The fourth-order valence-electron chi connectivity index (χ4n) is 7.59. The minimum absolute atomic E-state index is 0.117. The lowest BCUT2D eigenvalue weighted by molar-refractivity contribution is -0.138. The molecule has 10 nitrogen and oxygen atoms in total. The molecule has 0 fully saturated rings. The SMILES string of the molecule is COc1cc(-c2nc(-c3ccnc(C)c3)c3n2C[C@@H](CF)OCC3)ccc1C(F)(F)F.Cc1cc(-c2nc(-c3ccc(OC(F)F)c(C)c3)n3c2CCO[C@H](CF)C3)ccn1. The molecule has 0 aliphatic carbocycles. The summed E-state index contributed by atoms with van der Waals surface area (Å²) in [4.78, 5) is 18.1. The van der Waals surface area contributed by atoms with Crippen LogP contribution in [0.25, 0.3) is 45.3 Å². The zero-order valence-corrected chi connectivity index (χ0v) is 33.8. The molecule has 17 heteroatoms. The molecule has 0 N–H and O–H groups in total. The summed E-state index contributed by atoms with van der Waals surface area (Å²) < 4.78 is 117. The number of fused-ring (bicyclic) bond motifs is 2. The molecule has 2 atom stereocenters. The average Bonchev–Trinajstić information content (AvgIpc) is 3.58. The van der Waals surface area contributed by atoms with Crippen LogP contribution < -0.4 is 9.47 Å². The van der Waals surface area contributed by atoms with Crippen LogP contribution >= 0.6 is 0 Å². The second-order valence-corrected chi connectivity index (χ2v) is 14.6. The summed E-state index contributed by atoms with van der Waals surface area (Å²) in [5.74, 6) is 0.905. The second-order valence-electron chi connectivity index (χ2n) is 14.6. The van der Waals surface area contributed by atoms with Gasteiger partial charge in [0.05, 0.1) is 50.4 Å². The number of aryl methyl sites for hydroxylation is 3. The van der Waals surface area contributed by atoms with Gasteiger partial charge in [-0.15, -0.1) is 0 Å². The maximum Gasteiger partial charge on any atom is 0.419 e. The number of imidazole rings is 2. The number of nitrogens with zero attached hydrogens (tertiary/aromatic N) is 6. The van der Waals surface area contributed by atoms with E-state index in [0.29, 0.717) is 61.1 Å². The lowest BCUT2D eigenvalue weighted by Gasteiger charge is -2.16. The van der Waals surface area contributed by atoms with Crippen molar-refractivity contribution in [3.8, 4) is 56.8 Å². The summed E-state index contributed by atoms with van der Waals surface area (Å²) >= 11 is 0. The Bertz CT molecular complexity index is 2490. The number of methoxy groups -OCH3 is 1. The third-order valence-electron chi connectivity index (χ3n) is 10.4. The van der Waals surface area contributed by atoms with E-state index in [4.69, 9.17) is 24.2 Å². The Kier molecular flexibility index (Phi) is 13.1. The highest BCUT2D eigenvalue weighted by Gasteiger charge is 2.35. The first-order valence-electron chi connectivity index (χ1n) is 19.5. The van der Waals surface area contributed by atoms with Crippen LogP contribution in [-0.4, -0.2) is 81.6 Å². The smallest absolute Gasteiger partial charge is 0.419 e. The van der Waals surface area contributed by atoms with Crippen LogP contribution in [0.4, 0.5) is 30.7 Å². The summed E-state index contributed by atoms with van der Waals surface area (Å²) in [7, 11) is 1.19. The van der Waals surface area contributed by atoms with E-state index >= 15 is 0 Å².